The molecule has 3 heteroatoms. The van der Waals surface area contributed by atoms with Gasteiger partial charge in [-0.3, -0.25) is 0 Å². The minimum absolute atomic E-state index is 0.174. The van der Waals surface area contributed by atoms with Crippen molar-refractivity contribution in [1.82, 2.24) is 9.88 Å². The summed E-state index contributed by atoms with van der Waals surface area (Å²) in [5.74, 6) is 0.591. The van der Waals surface area contributed by atoms with Crippen LogP contribution in [0, 0.1) is 12.8 Å². The topological polar surface area (TPSA) is 37.2 Å². The van der Waals surface area contributed by atoms with Crippen molar-refractivity contribution < 1.29 is 5.11 Å². The van der Waals surface area contributed by atoms with E-state index < -0.39 is 0 Å². The molecule has 20 heavy (non-hydrogen) atoms. The molecule has 3 nitrogen and oxygen atoms in total. The zero-order chi connectivity index (χ0) is 14.7. The third-order valence-corrected chi connectivity index (χ3v) is 4.04. The van der Waals surface area contributed by atoms with Gasteiger partial charge in [-0.1, -0.05) is 32.0 Å². The summed E-state index contributed by atoms with van der Waals surface area (Å²) in [6.45, 7) is 7.55. The van der Waals surface area contributed by atoms with Gasteiger partial charge >= 0.3 is 0 Å². The molecule has 2 rings (SSSR count). The Kier molecular flexibility index (Phi) is 4.84. The van der Waals surface area contributed by atoms with Crippen LogP contribution in [-0.4, -0.2) is 22.3 Å². The number of aliphatic hydroxyl groups is 1. The van der Waals surface area contributed by atoms with Crippen LogP contribution >= 0.6 is 0 Å². The summed E-state index contributed by atoms with van der Waals surface area (Å²) in [5.41, 5.74) is 3.90. The molecule has 0 aliphatic rings. The number of rotatable bonds is 6. The molecule has 0 aliphatic carbocycles. The van der Waals surface area contributed by atoms with Gasteiger partial charge in [0.2, 0.25) is 0 Å². The second-order valence-electron chi connectivity index (χ2n) is 6.04. The standard InChI is InChI=1S/C17H26N2O/c1-12(2)9-14(11-20)18-10-17-13(3)15-7-5-6-8-16(15)19(17)4/h5-8,12,14,18,20H,9-11H2,1-4H3. The van der Waals surface area contributed by atoms with Gasteiger partial charge in [0.25, 0.3) is 0 Å². The minimum atomic E-state index is 0.174. The summed E-state index contributed by atoms with van der Waals surface area (Å²) in [5, 5.41) is 14.3. The van der Waals surface area contributed by atoms with Crippen LogP contribution in [0.1, 0.15) is 31.5 Å². The zero-order valence-corrected chi connectivity index (χ0v) is 13.0. The molecule has 0 bridgehead atoms. The fourth-order valence-corrected chi connectivity index (χ4v) is 2.92. The molecule has 2 aromatic rings. The zero-order valence-electron chi connectivity index (χ0n) is 13.0. The van der Waals surface area contributed by atoms with Gasteiger partial charge in [-0.05, 0) is 30.9 Å². The smallest absolute Gasteiger partial charge is 0.0584 e. The lowest BCUT2D eigenvalue weighted by Crippen LogP contribution is -2.33. The molecule has 0 fully saturated rings. The SMILES string of the molecule is Cc1c(CNC(CO)CC(C)C)n(C)c2ccccc12. The Morgan fingerprint density at radius 1 is 1.25 bits per heavy atom. The van der Waals surface area contributed by atoms with Gasteiger partial charge in [-0.25, -0.2) is 0 Å². The number of hydrogen-bond donors (Lipinski definition) is 2. The second kappa shape index (κ2) is 6.42. The largest absolute Gasteiger partial charge is 0.395 e. The van der Waals surface area contributed by atoms with Crippen molar-refractivity contribution in [1.29, 1.82) is 0 Å². The number of nitrogens with zero attached hydrogens (tertiary/aromatic N) is 1. The summed E-state index contributed by atoms with van der Waals surface area (Å²) in [6.07, 6.45) is 0.999. The molecule has 1 unspecified atom stereocenters. The molecular formula is C17H26N2O. The van der Waals surface area contributed by atoms with E-state index in [1.807, 2.05) is 0 Å². The average Bonchev–Trinajstić information content (AvgIpc) is 2.67. The molecule has 0 saturated heterocycles. The van der Waals surface area contributed by atoms with Gasteiger partial charge in [0.05, 0.1) is 6.61 Å². The Labute approximate surface area is 121 Å². The van der Waals surface area contributed by atoms with Gasteiger partial charge in [0.15, 0.2) is 0 Å². The molecule has 1 atom stereocenters. The first-order valence-electron chi connectivity index (χ1n) is 7.41. The molecule has 0 spiro atoms. The molecule has 0 radical (unpaired) electrons. The minimum Gasteiger partial charge on any atom is -0.395 e. The number of aryl methyl sites for hydroxylation is 2. The van der Waals surface area contributed by atoms with Crippen molar-refractivity contribution in [3.63, 3.8) is 0 Å². The first-order chi connectivity index (χ1) is 9.54. The Hall–Kier alpha value is -1.32. The summed E-state index contributed by atoms with van der Waals surface area (Å²) in [6, 6.07) is 8.66. The number of benzene rings is 1. The van der Waals surface area contributed by atoms with Crippen molar-refractivity contribution in [3.8, 4) is 0 Å². The third kappa shape index (κ3) is 3.05. The Morgan fingerprint density at radius 3 is 2.55 bits per heavy atom. The average molecular weight is 274 g/mol. The van der Waals surface area contributed by atoms with E-state index >= 15 is 0 Å². The van der Waals surface area contributed by atoms with Gasteiger partial charge in [-0.2, -0.15) is 0 Å². The number of fused-ring (bicyclic) bond motifs is 1. The molecular weight excluding hydrogens is 248 g/mol. The van der Waals surface area contributed by atoms with Gasteiger partial charge in [0.1, 0.15) is 0 Å². The van der Waals surface area contributed by atoms with E-state index in [-0.39, 0.29) is 12.6 Å². The van der Waals surface area contributed by atoms with E-state index in [1.54, 1.807) is 0 Å². The van der Waals surface area contributed by atoms with Crippen molar-refractivity contribution in [2.45, 2.75) is 39.8 Å². The van der Waals surface area contributed by atoms with Crippen LogP contribution in [0.2, 0.25) is 0 Å². The molecule has 1 aromatic heterocycles. The number of hydrogen-bond acceptors (Lipinski definition) is 2. The number of aliphatic hydroxyl groups excluding tert-OH is 1. The molecule has 1 aromatic carbocycles. The summed E-state index contributed by atoms with van der Waals surface area (Å²) in [7, 11) is 2.11. The highest BCUT2D eigenvalue weighted by atomic mass is 16.3. The van der Waals surface area contributed by atoms with Gasteiger partial charge in [-0.15, -0.1) is 0 Å². The van der Waals surface area contributed by atoms with Crippen LogP contribution in [0.25, 0.3) is 10.9 Å². The molecule has 0 aliphatic heterocycles. The summed E-state index contributed by atoms with van der Waals surface area (Å²) in [4.78, 5) is 0. The summed E-state index contributed by atoms with van der Waals surface area (Å²) < 4.78 is 2.25. The maximum Gasteiger partial charge on any atom is 0.0584 e. The fourth-order valence-electron chi connectivity index (χ4n) is 2.92. The van der Waals surface area contributed by atoms with Crippen molar-refractivity contribution in [2.24, 2.45) is 13.0 Å². The summed E-state index contributed by atoms with van der Waals surface area (Å²) >= 11 is 0. The number of nitrogens with one attached hydrogen (secondary N) is 1. The van der Waals surface area contributed by atoms with Gasteiger partial charge in [0, 0.05) is 36.2 Å². The molecule has 110 valence electrons. The van der Waals surface area contributed by atoms with Crippen LogP contribution in [0.4, 0.5) is 0 Å². The van der Waals surface area contributed by atoms with E-state index in [2.05, 4.69) is 62.0 Å². The normalized spacial score (nSPS) is 13.3. The highest BCUT2D eigenvalue weighted by Crippen LogP contribution is 2.24. The number of para-hydroxylation sites is 1. The van der Waals surface area contributed by atoms with Crippen LogP contribution in [0.5, 0.6) is 0 Å². The first kappa shape index (κ1) is 15.1. The van der Waals surface area contributed by atoms with Crippen LogP contribution in [0.15, 0.2) is 24.3 Å². The Morgan fingerprint density at radius 2 is 1.95 bits per heavy atom. The fraction of sp³-hybridized carbons (Fsp3) is 0.529. The lowest BCUT2D eigenvalue weighted by Gasteiger charge is -2.19. The Balaban J connectivity index is 2.17. The molecule has 0 amide bonds. The quantitative estimate of drug-likeness (QED) is 0.849. The lowest BCUT2D eigenvalue weighted by atomic mass is 10.0. The predicted molar refractivity (Wildman–Crippen MR) is 84.8 cm³/mol. The second-order valence-corrected chi connectivity index (χ2v) is 6.04. The first-order valence-corrected chi connectivity index (χ1v) is 7.41. The highest BCUT2D eigenvalue weighted by molar-refractivity contribution is 5.85. The molecule has 0 saturated carbocycles. The lowest BCUT2D eigenvalue weighted by molar-refractivity contribution is 0.223. The van der Waals surface area contributed by atoms with Crippen molar-refractivity contribution in [2.75, 3.05) is 6.61 Å². The highest BCUT2D eigenvalue weighted by Gasteiger charge is 2.14. The molecule has 1 heterocycles. The van der Waals surface area contributed by atoms with Crippen molar-refractivity contribution in [3.05, 3.63) is 35.5 Å². The maximum absolute atomic E-state index is 9.46. The molecule has 2 N–H and O–H groups in total. The van der Waals surface area contributed by atoms with E-state index in [0.717, 1.165) is 13.0 Å². The van der Waals surface area contributed by atoms with E-state index in [0.29, 0.717) is 5.92 Å². The van der Waals surface area contributed by atoms with E-state index in [9.17, 15) is 5.11 Å². The van der Waals surface area contributed by atoms with Gasteiger partial charge < -0.3 is 15.0 Å². The van der Waals surface area contributed by atoms with E-state index in [1.165, 1.54) is 22.2 Å². The van der Waals surface area contributed by atoms with Crippen LogP contribution in [-0.2, 0) is 13.6 Å². The predicted octanol–water partition coefficient (Wildman–Crippen LogP) is 2.98. The van der Waals surface area contributed by atoms with Crippen LogP contribution in [0.3, 0.4) is 0 Å². The third-order valence-electron chi connectivity index (χ3n) is 4.04. The van der Waals surface area contributed by atoms with E-state index in [4.69, 9.17) is 0 Å². The Bertz CT molecular complexity index is 533. The van der Waals surface area contributed by atoms with Crippen LogP contribution < -0.4 is 5.32 Å². The monoisotopic (exact) mass is 274 g/mol. The van der Waals surface area contributed by atoms with Crippen molar-refractivity contribution >= 4 is 10.9 Å². The number of aromatic nitrogens is 1. The maximum atomic E-state index is 9.46.